The molecule has 0 unspecified atom stereocenters. The molecule has 8 aromatic carbocycles. The van der Waals surface area contributed by atoms with E-state index in [2.05, 4.69) is 193 Å². The highest BCUT2D eigenvalue weighted by Crippen LogP contribution is 2.50. The summed E-state index contributed by atoms with van der Waals surface area (Å²) in [5.41, 5.74) is 12.4. The van der Waals surface area contributed by atoms with Crippen LogP contribution in [-0.4, -0.2) is 4.57 Å². The van der Waals surface area contributed by atoms with Gasteiger partial charge in [-0.05, 0) is 123 Å². The van der Waals surface area contributed by atoms with Crippen molar-refractivity contribution in [1.82, 2.24) is 4.57 Å². The monoisotopic (exact) mass is 626 g/mol. The van der Waals surface area contributed by atoms with Gasteiger partial charge in [-0.15, -0.1) is 0 Å². The van der Waals surface area contributed by atoms with E-state index in [4.69, 9.17) is 0 Å². The topological polar surface area (TPSA) is 8.17 Å². The minimum Gasteiger partial charge on any atom is -0.310 e. The number of hydrogen-bond donors (Lipinski definition) is 0. The summed E-state index contributed by atoms with van der Waals surface area (Å²) in [4.78, 5) is 2.35. The number of benzene rings is 8. The molecule has 49 heavy (non-hydrogen) atoms. The maximum atomic E-state index is 2.46. The molecule has 9 aromatic rings. The van der Waals surface area contributed by atoms with E-state index in [1.807, 2.05) is 0 Å². The molecule has 0 N–H and O–H groups in total. The largest absolute Gasteiger partial charge is 0.310 e. The van der Waals surface area contributed by atoms with Crippen molar-refractivity contribution in [3.8, 4) is 16.8 Å². The van der Waals surface area contributed by atoms with Crippen molar-refractivity contribution >= 4 is 60.4 Å². The van der Waals surface area contributed by atoms with E-state index in [0.717, 1.165) is 17.1 Å². The molecule has 0 spiro atoms. The van der Waals surface area contributed by atoms with Gasteiger partial charge >= 0.3 is 0 Å². The summed E-state index contributed by atoms with van der Waals surface area (Å²) < 4.78 is 2.46. The van der Waals surface area contributed by atoms with Gasteiger partial charge in [-0.25, -0.2) is 0 Å². The zero-order valence-corrected chi connectivity index (χ0v) is 27.6. The first-order valence-corrected chi connectivity index (χ1v) is 17.1. The molecule has 1 aliphatic carbocycles. The highest BCUT2D eigenvalue weighted by atomic mass is 15.1. The van der Waals surface area contributed by atoms with Crippen LogP contribution in [0.3, 0.4) is 0 Å². The van der Waals surface area contributed by atoms with Crippen molar-refractivity contribution in [3.05, 3.63) is 181 Å². The van der Waals surface area contributed by atoms with Crippen molar-refractivity contribution in [3.63, 3.8) is 0 Å². The van der Waals surface area contributed by atoms with Gasteiger partial charge in [-0.2, -0.15) is 0 Å². The summed E-state index contributed by atoms with van der Waals surface area (Å²) >= 11 is 0. The smallest absolute Gasteiger partial charge is 0.0547 e. The first-order chi connectivity index (χ1) is 24.0. The van der Waals surface area contributed by atoms with Crippen LogP contribution >= 0.6 is 0 Å². The van der Waals surface area contributed by atoms with Crippen molar-refractivity contribution in [2.24, 2.45) is 0 Å². The Balaban J connectivity index is 1.27. The van der Waals surface area contributed by atoms with Crippen LogP contribution in [0.5, 0.6) is 0 Å². The summed E-state index contributed by atoms with van der Waals surface area (Å²) in [5.74, 6) is 0. The third-order valence-electron chi connectivity index (χ3n) is 10.7. The Morgan fingerprint density at radius 1 is 0.408 bits per heavy atom. The van der Waals surface area contributed by atoms with E-state index >= 15 is 0 Å². The molecule has 0 amide bonds. The summed E-state index contributed by atoms with van der Waals surface area (Å²) in [6.45, 7) is 4.73. The average molecular weight is 627 g/mol. The van der Waals surface area contributed by atoms with Crippen LogP contribution in [-0.2, 0) is 5.41 Å². The Bertz CT molecular complexity index is 2700. The molecule has 0 saturated heterocycles. The maximum Gasteiger partial charge on any atom is 0.0547 e. The number of hydrogen-bond acceptors (Lipinski definition) is 1. The highest BCUT2D eigenvalue weighted by Gasteiger charge is 2.35. The van der Waals surface area contributed by atoms with Crippen LogP contribution in [0.1, 0.15) is 25.0 Å². The zero-order valence-electron chi connectivity index (χ0n) is 27.6. The Kier molecular flexibility index (Phi) is 5.95. The normalized spacial score (nSPS) is 13.3. The van der Waals surface area contributed by atoms with E-state index in [1.165, 1.54) is 71.3 Å². The Morgan fingerprint density at radius 3 is 1.84 bits per heavy atom. The maximum absolute atomic E-state index is 2.46. The van der Waals surface area contributed by atoms with Crippen LogP contribution in [0.2, 0.25) is 0 Å². The second kappa shape index (κ2) is 10.4. The summed E-state index contributed by atoms with van der Waals surface area (Å²) in [6.07, 6.45) is 0. The molecule has 0 bridgehead atoms. The molecule has 232 valence electrons. The van der Waals surface area contributed by atoms with Crippen LogP contribution in [0, 0.1) is 0 Å². The van der Waals surface area contributed by atoms with Crippen LogP contribution in [0.15, 0.2) is 170 Å². The van der Waals surface area contributed by atoms with Crippen LogP contribution in [0.4, 0.5) is 17.1 Å². The molecule has 0 saturated carbocycles. The van der Waals surface area contributed by atoms with Crippen LogP contribution < -0.4 is 4.90 Å². The molecular weight excluding hydrogens is 593 g/mol. The quantitative estimate of drug-likeness (QED) is 0.189. The zero-order chi connectivity index (χ0) is 32.7. The lowest BCUT2D eigenvalue weighted by atomic mass is 9.82. The van der Waals surface area contributed by atoms with Crippen LogP contribution in [0.25, 0.3) is 60.2 Å². The third-order valence-corrected chi connectivity index (χ3v) is 10.7. The average Bonchev–Trinajstić information content (AvgIpc) is 3.57. The van der Waals surface area contributed by atoms with Gasteiger partial charge in [0.05, 0.1) is 11.0 Å². The van der Waals surface area contributed by atoms with Gasteiger partial charge in [0.15, 0.2) is 0 Å². The lowest BCUT2D eigenvalue weighted by Crippen LogP contribution is -2.14. The molecular formula is C47H34N2. The number of anilines is 3. The third kappa shape index (κ3) is 4.20. The fraction of sp³-hybridized carbons (Fsp3) is 0.0638. The van der Waals surface area contributed by atoms with E-state index < -0.39 is 0 Å². The Labute approximate surface area is 286 Å². The Hall–Kier alpha value is -6.12. The van der Waals surface area contributed by atoms with E-state index in [-0.39, 0.29) is 5.41 Å². The molecule has 1 aromatic heterocycles. The molecule has 2 nitrogen and oxygen atoms in total. The predicted octanol–water partition coefficient (Wildman–Crippen LogP) is 12.9. The van der Waals surface area contributed by atoms with Gasteiger partial charge in [-0.3, -0.25) is 0 Å². The first kappa shape index (κ1) is 27.9. The summed E-state index contributed by atoms with van der Waals surface area (Å²) in [5, 5.41) is 7.52. The van der Waals surface area contributed by atoms with E-state index in [1.54, 1.807) is 0 Å². The van der Waals surface area contributed by atoms with Crippen molar-refractivity contribution in [1.29, 1.82) is 0 Å². The number of nitrogens with zero attached hydrogens (tertiary/aromatic N) is 2. The Morgan fingerprint density at radius 2 is 1.06 bits per heavy atom. The molecule has 0 fully saturated rings. The van der Waals surface area contributed by atoms with Gasteiger partial charge in [0.25, 0.3) is 0 Å². The molecule has 0 aliphatic heterocycles. The van der Waals surface area contributed by atoms with Crippen molar-refractivity contribution in [2.45, 2.75) is 19.3 Å². The fourth-order valence-corrected chi connectivity index (χ4v) is 8.29. The minimum atomic E-state index is -0.0484. The van der Waals surface area contributed by atoms with Crippen molar-refractivity contribution < 1.29 is 0 Å². The van der Waals surface area contributed by atoms with Gasteiger partial charge < -0.3 is 9.47 Å². The SMILES string of the molecule is CC1(C)c2ccccc2-c2cc3cc4c(cc3cc21)c1cc(N(c2ccccc2)c2ccccc2)ccc1n4-c1ccc2ccccc2c1. The van der Waals surface area contributed by atoms with Gasteiger partial charge in [-0.1, -0.05) is 105 Å². The van der Waals surface area contributed by atoms with E-state index in [0.29, 0.717) is 0 Å². The van der Waals surface area contributed by atoms with E-state index in [9.17, 15) is 0 Å². The molecule has 1 aliphatic rings. The summed E-state index contributed by atoms with van der Waals surface area (Å²) in [6, 6.07) is 62.4. The molecule has 2 heteroatoms. The standard InChI is InChI=1S/C47H34N2/c1-47(2)43-20-12-11-19-39(43)40-26-34-29-46-41(27-33(34)28-44(40)47)42-30-38(48(35-15-5-3-6-16-35)36-17-7-4-8-18-36)23-24-45(42)49(46)37-22-21-31-13-9-10-14-32(31)25-37/h3-30H,1-2H3. The molecule has 0 radical (unpaired) electrons. The summed E-state index contributed by atoms with van der Waals surface area (Å²) in [7, 11) is 0. The number of fused-ring (bicyclic) bond motifs is 8. The molecule has 10 rings (SSSR count). The highest BCUT2D eigenvalue weighted by molar-refractivity contribution is 6.15. The second-order valence-electron chi connectivity index (χ2n) is 13.9. The predicted molar refractivity (Wildman–Crippen MR) is 208 cm³/mol. The fourth-order valence-electron chi connectivity index (χ4n) is 8.29. The molecule has 0 atom stereocenters. The second-order valence-corrected chi connectivity index (χ2v) is 13.9. The van der Waals surface area contributed by atoms with Crippen molar-refractivity contribution in [2.75, 3.05) is 4.90 Å². The van der Waals surface area contributed by atoms with Gasteiger partial charge in [0, 0.05) is 38.9 Å². The van der Waals surface area contributed by atoms with Gasteiger partial charge in [0.1, 0.15) is 0 Å². The number of para-hydroxylation sites is 2. The lowest BCUT2D eigenvalue weighted by molar-refractivity contribution is 0.661. The number of aromatic nitrogens is 1. The minimum absolute atomic E-state index is 0.0484. The molecule has 1 heterocycles. The first-order valence-electron chi connectivity index (χ1n) is 17.1. The number of rotatable bonds is 4. The lowest BCUT2D eigenvalue weighted by Gasteiger charge is -2.25. The van der Waals surface area contributed by atoms with Gasteiger partial charge in [0.2, 0.25) is 0 Å².